The van der Waals surface area contributed by atoms with Gasteiger partial charge < -0.3 is 10.3 Å². The molecule has 0 aliphatic carbocycles. The molecule has 3 aromatic rings. The molecule has 0 spiro atoms. The Kier molecular flexibility index (Phi) is 3.39. The second-order valence-corrected chi connectivity index (χ2v) is 4.86. The molecule has 0 bridgehead atoms. The minimum absolute atomic E-state index is 0.264. The number of nitrogen functional groups attached to an aromatic ring is 1. The van der Waals surface area contributed by atoms with Gasteiger partial charge in [0.2, 0.25) is 0 Å². The molecular formula is C16H14FN3O. The number of aryl methyl sites for hydroxylation is 1. The van der Waals surface area contributed by atoms with E-state index in [2.05, 4.69) is 10.1 Å². The molecule has 5 heteroatoms. The highest BCUT2D eigenvalue weighted by molar-refractivity contribution is 5.73. The Morgan fingerprint density at radius 1 is 1.14 bits per heavy atom. The maximum atomic E-state index is 12.9. The lowest BCUT2D eigenvalue weighted by atomic mass is 10.1. The summed E-state index contributed by atoms with van der Waals surface area (Å²) in [6.45, 7) is 1.94. The minimum atomic E-state index is -0.264. The summed E-state index contributed by atoms with van der Waals surface area (Å²) < 4.78 is 18.2. The Balaban J connectivity index is 1.88. The Labute approximate surface area is 121 Å². The lowest BCUT2D eigenvalue weighted by Crippen LogP contribution is -1.94. The van der Waals surface area contributed by atoms with Crippen molar-refractivity contribution in [3.05, 3.63) is 65.2 Å². The molecule has 0 fully saturated rings. The van der Waals surface area contributed by atoms with Crippen molar-refractivity contribution in [1.29, 1.82) is 0 Å². The van der Waals surface area contributed by atoms with Crippen LogP contribution in [0.3, 0.4) is 0 Å². The molecule has 0 aliphatic rings. The summed E-state index contributed by atoms with van der Waals surface area (Å²) in [7, 11) is 0. The van der Waals surface area contributed by atoms with Crippen LogP contribution in [0.25, 0.3) is 11.5 Å². The van der Waals surface area contributed by atoms with Gasteiger partial charge in [0, 0.05) is 12.1 Å². The van der Waals surface area contributed by atoms with Crippen LogP contribution in [-0.2, 0) is 6.42 Å². The molecule has 2 N–H and O–H groups in total. The summed E-state index contributed by atoms with van der Waals surface area (Å²) in [5.41, 5.74) is 9.22. The third-order valence-corrected chi connectivity index (χ3v) is 3.26. The van der Waals surface area contributed by atoms with Gasteiger partial charge in [-0.15, -0.1) is 0 Å². The van der Waals surface area contributed by atoms with E-state index < -0.39 is 0 Å². The molecule has 0 unspecified atom stereocenters. The van der Waals surface area contributed by atoms with Crippen LogP contribution in [0.2, 0.25) is 0 Å². The Morgan fingerprint density at radius 2 is 1.90 bits per heavy atom. The molecule has 1 heterocycles. The zero-order valence-electron chi connectivity index (χ0n) is 11.5. The molecule has 0 aliphatic heterocycles. The van der Waals surface area contributed by atoms with E-state index in [4.69, 9.17) is 10.3 Å². The summed E-state index contributed by atoms with van der Waals surface area (Å²) in [6.07, 6.45) is 0.482. The molecule has 21 heavy (non-hydrogen) atoms. The number of nitrogens with zero attached hydrogens (tertiary/aromatic N) is 2. The van der Waals surface area contributed by atoms with Gasteiger partial charge in [0.1, 0.15) is 5.82 Å². The fourth-order valence-corrected chi connectivity index (χ4v) is 2.19. The topological polar surface area (TPSA) is 64.9 Å². The van der Waals surface area contributed by atoms with E-state index in [9.17, 15) is 4.39 Å². The van der Waals surface area contributed by atoms with Gasteiger partial charge in [0.05, 0.1) is 5.56 Å². The third-order valence-electron chi connectivity index (χ3n) is 3.26. The first-order valence-corrected chi connectivity index (χ1v) is 6.56. The molecule has 0 radical (unpaired) electrons. The fraction of sp³-hybridized carbons (Fsp3) is 0.125. The number of nitrogens with two attached hydrogens (primary N) is 1. The number of rotatable bonds is 3. The maximum absolute atomic E-state index is 12.9. The lowest BCUT2D eigenvalue weighted by molar-refractivity contribution is 0.424. The van der Waals surface area contributed by atoms with Gasteiger partial charge in [0.15, 0.2) is 5.82 Å². The summed E-state index contributed by atoms with van der Waals surface area (Å²) in [5.74, 6) is 0.683. The van der Waals surface area contributed by atoms with Crippen LogP contribution in [0, 0.1) is 12.7 Å². The van der Waals surface area contributed by atoms with Crippen molar-refractivity contribution >= 4 is 5.69 Å². The zero-order chi connectivity index (χ0) is 14.8. The zero-order valence-corrected chi connectivity index (χ0v) is 11.5. The summed E-state index contributed by atoms with van der Waals surface area (Å²) in [5, 5.41) is 3.96. The van der Waals surface area contributed by atoms with Crippen molar-refractivity contribution in [1.82, 2.24) is 10.1 Å². The van der Waals surface area contributed by atoms with Crippen LogP contribution in [0.4, 0.5) is 10.1 Å². The average Bonchev–Trinajstić information content (AvgIpc) is 2.89. The third kappa shape index (κ3) is 2.76. The predicted octanol–water partition coefficient (Wildman–Crippen LogP) is 3.36. The SMILES string of the molecule is Cc1cccc(N)c1-c1nc(Cc2ccc(F)cc2)no1. The van der Waals surface area contributed by atoms with E-state index in [1.807, 2.05) is 19.1 Å². The smallest absolute Gasteiger partial charge is 0.260 e. The predicted molar refractivity (Wildman–Crippen MR) is 78.1 cm³/mol. The van der Waals surface area contributed by atoms with Crippen molar-refractivity contribution in [3.63, 3.8) is 0 Å². The molecule has 4 nitrogen and oxygen atoms in total. The second-order valence-electron chi connectivity index (χ2n) is 4.86. The fourth-order valence-electron chi connectivity index (χ4n) is 2.19. The molecule has 106 valence electrons. The number of aromatic nitrogens is 2. The van der Waals surface area contributed by atoms with Crippen LogP contribution in [0.1, 0.15) is 17.0 Å². The Bertz CT molecular complexity index is 745. The molecular weight excluding hydrogens is 269 g/mol. The van der Waals surface area contributed by atoms with Crippen molar-refractivity contribution in [3.8, 4) is 11.5 Å². The lowest BCUT2D eigenvalue weighted by Gasteiger charge is -2.03. The highest BCUT2D eigenvalue weighted by Gasteiger charge is 2.14. The molecule has 0 saturated carbocycles. The molecule has 0 amide bonds. The van der Waals surface area contributed by atoms with Crippen molar-refractivity contribution in [2.45, 2.75) is 13.3 Å². The number of hydrogen-bond acceptors (Lipinski definition) is 4. The summed E-state index contributed by atoms with van der Waals surface area (Å²) in [6, 6.07) is 11.8. The largest absolute Gasteiger partial charge is 0.398 e. The molecule has 1 aromatic heterocycles. The van der Waals surface area contributed by atoms with E-state index >= 15 is 0 Å². The van der Waals surface area contributed by atoms with Crippen LogP contribution in [0.15, 0.2) is 47.0 Å². The van der Waals surface area contributed by atoms with Gasteiger partial charge in [-0.2, -0.15) is 4.98 Å². The molecule has 3 rings (SSSR count). The summed E-state index contributed by atoms with van der Waals surface area (Å²) in [4.78, 5) is 4.37. The highest BCUT2D eigenvalue weighted by atomic mass is 19.1. The van der Waals surface area contributed by atoms with Gasteiger partial charge in [-0.1, -0.05) is 29.4 Å². The van der Waals surface area contributed by atoms with Crippen LogP contribution < -0.4 is 5.73 Å². The number of hydrogen-bond donors (Lipinski definition) is 1. The number of anilines is 1. The molecule has 0 atom stereocenters. The number of halogens is 1. The average molecular weight is 283 g/mol. The maximum Gasteiger partial charge on any atom is 0.260 e. The van der Waals surface area contributed by atoms with Crippen LogP contribution in [-0.4, -0.2) is 10.1 Å². The van der Waals surface area contributed by atoms with Crippen LogP contribution >= 0.6 is 0 Å². The summed E-state index contributed by atoms with van der Waals surface area (Å²) >= 11 is 0. The first-order chi connectivity index (χ1) is 10.1. The second kappa shape index (κ2) is 5.36. The van der Waals surface area contributed by atoms with Gasteiger partial charge in [-0.3, -0.25) is 0 Å². The van der Waals surface area contributed by atoms with E-state index in [0.29, 0.717) is 23.8 Å². The van der Waals surface area contributed by atoms with Gasteiger partial charge >= 0.3 is 0 Å². The Morgan fingerprint density at radius 3 is 2.62 bits per heavy atom. The first-order valence-electron chi connectivity index (χ1n) is 6.56. The van der Waals surface area contributed by atoms with Crippen LogP contribution in [0.5, 0.6) is 0 Å². The monoisotopic (exact) mass is 283 g/mol. The minimum Gasteiger partial charge on any atom is -0.398 e. The Hall–Kier alpha value is -2.69. The standard InChI is InChI=1S/C16H14FN3O/c1-10-3-2-4-13(18)15(10)16-19-14(20-21-16)9-11-5-7-12(17)8-6-11/h2-8H,9,18H2,1H3. The van der Waals surface area contributed by atoms with Crippen molar-refractivity contribution < 1.29 is 8.91 Å². The van der Waals surface area contributed by atoms with Gasteiger partial charge in [-0.05, 0) is 36.2 Å². The molecule has 2 aromatic carbocycles. The van der Waals surface area contributed by atoms with E-state index in [1.54, 1.807) is 18.2 Å². The number of benzene rings is 2. The van der Waals surface area contributed by atoms with E-state index in [-0.39, 0.29) is 5.82 Å². The van der Waals surface area contributed by atoms with Gasteiger partial charge in [0.25, 0.3) is 5.89 Å². The highest BCUT2D eigenvalue weighted by Crippen LogP contribution is 2.28. The van der Waals surface area contributed by atoms with Crippen molar-refractivity contribution in [2.24, 2.45) is 0 Å². The van der Waals surface area contributed by atoms with Crippen molar-refractivity contribution in [2.75, 3.05) is 5.73 Å². The van der Waals surface area contributed by atoms with Gasteiger partial charge in [-0.25, -0.2) is 4.39 Å². The molecule has 0 saturated heterocycles. The first kappa shape index (κ1) is 13.3. The quantitative estimate of drug-likeness (QED) is 0.748. The van der Waals surface area contributed by atoms with E-state index in [0.717, 1.165) is 16.7 Å². The van der Waals surface area contributed by atoms with E-state index in [1.165, 1.54) is 12.1 Å². The normalized spacial score (nSPS) is 10.8.